The van der Waals surface area contributed by atoms with Gasteiger partial charge in [-0.05, 0) is 24.3 Å². The molecule has 2 aromatic carbocycles. The number of aromatic nitrogens is 2. The van der Waals surface area contributed by atoms with Crippen molar-refractivity contribution in [3.63, 3.8) is 0 Å². The Morgan fingerprint density at radius 1 is 0.879 bits per heavy atom. The lowest BCUT2D eigenvalue weighted by atomic mass is 10.1. The molecule has 4 rings (SSSR count). The van der Waals surface area contributed by atoms with Crippen molar-refractivity contribution >= 4 is 23.1 Å². The molecule has 12 heteroatoms. The van der Waals surface area contributed by atoms with Crippen LogP contribution in [-0.4, -0.2) is 56.8 Å². The molecule has 168 valence electrons. The number of halogens is 1. The van der Waals surface area contributed by atoms with Crippen LogP contribution in [0.5, 0.6) is 0 Å². The van der Waals surface area contributed by atoms with Crippen molar-refractivity contribution in [2.45, 2.75) is 0 Å². The minimum Gasteiger partial charge on any atom is -0.353 e. The Morgan fingerprint density at radius 3 is 2.06 bits per heavy atom. The lowest BCUT2D eigenvalue weighted by molar-refractivity contribution is -0.394. The first-order valence-electron chi connectivity index (χ1n) is 9.88. The van der Waals surface area contributed by atoms with E-state index in [4.69, 9.17) is 0 Å². The topological polar surface area (TPSA) is 136 Å². The number of nitrogens with zero attached hydrogens (tertiary/aromatic N) is 6. The van der Waals surface area contributed by atoms with E-state index in [1.807, 2.05) is 4.90 Å². The van der Waals surface area contributed by atoms with E-state index in [1.54, 1.807) is 18.2 Å². The van der Waals surface area contributed by atoms with E-state index < -0.39 is 27.1 Å². The lowest BCUT2D eigenvalue weighted by Gasteiger charge is -2.35. The van der Waals surface area contributed by atoms with E-state index in [-0.39, 0.29) is 11.4 Å². The Morgan fingerprint density at radius 2 is 1.48 bits per heavy atom. The van der Waals surface area contributed by atoms with Gasteiger partial charge in [-0.15, -0.1) is 0 Å². The van der Waals surface area contributed by atoms with Crippen molar-refractivity contribution in [3.8, 4) is 11.3 Å². The maximum Gasteiger partial charge on any atom is 0.277 e. The third-order valence-corrected chi connectivity index (χ3v) is 5.25. The number of nitro groups is 2. The fraction of sp³-hybridized carbons (Fsp3) is 0.190. The molecule has 0 unspecified atom stereocenters. The number of anilines is 1. The molecule has 1 aliphatic rings. The summed E-state index contributed by atoms with van der Waals surface area (Å²) in [7, 11) is 0. The first-order valence-corrected chi connectivity index (χ1v) is 9.88. The number of carbonyl (C=O) groups is 1. The van der Waals surface area contributed by atoms with E-state index in [2.05, 4.69) is 9.97 Å². The van der Waals surface area contributed by atoms with E-state index in [0.717, 1.165) is 23.8 Å². The maximum absolute atomic E-state index is 13.2. The number of carbonyl (C=O) groups excluding carboxylic acids is 1. The molecular weight excluding hydrogens is 435 g/mol. The van der Waals surface area contributed by atoms with Crippen molar-refractivity contribution in [1.29, 1.82) is 0 Å². The first kappa shape index (κ1) is 21.7. The van der Waals surface area contributed by atoms with Crippen LogP contribution in [0.15, 0.2) is 54.9 Å². The Balaban J connectivity index is 1.48. The molecule has 3 aromatic rings. The number of hydrogen-bond donors (Lipinski definition) is 0. The van der Waals surface area contributed by atoms with Gasteiger partial charge < -0.3 is 9.80 Å². The number of non-ortho nitro benzene ring substituents is 2. The first-order chi connectivity index (χ1) is 15.8. The highest BCUT2D eigenvalue weighted by Crippen LogP contribution is 2.25. The van der Waals surface area contributed by atoms with Gasteiger partial charge in [-0.2, -0.15) is 0 Å². The highest BCUT2D eigenvalue weighted by molar-refractivity contribution is 5.95. The summed E-state index contributed by atoms with van der Waals surface area (Å²) in [6.45, 7) is 1.46. The van der Waals surface area contributed by atoms with Crippen LogP contribution in [0.25, 0.3) is 11.3 Å². The van der Waals surface area contributed by atoms with Gasteiger partial charge in [0, 0.05) is 49.9 Å². The van der Waals surface area contributed by atoms with Gasteiger partial charge in [0.25, 0.3) is 17.3 Å². The molecule has 11 nitrogen and oxygen atoms in total. The van der Waals surface area contributed by atoms with Gasteiger partial charge in [-0.1, -0.05) is 0 Å². The van der Waals surface area contributed by atoms with E-state index in [9.17, 15) is 29.4 Å². The molecule has 1 aliphatic heterocycles. The van der Waals surface area contributed by atoms with Gasteiger partial charge in [0.05, 0.1) is 27.2 Å². The molecule has 1 fully saturated rings. The van der Waals surface area contributed by atoms with Crippen LogP contribution in [0.1, 0.15) is 10.4 Å². The standard InChI is InChI=1S/C21H17FN6O5/c22-16-3-1-14(2-4-16)19-12-20(24-13-23-19)25-5-7-26(8-6-25)21(29)15-9-17(27(30)31)11-18(10-15)28(32)33/h1-4,9-13H,5-8H2. The predicted molar refractivity (Wildman–Crippen MR) is 115 cm³/mol. The molecule has 33 heavy (non-hydrogen) atoms. The van der Waals surface area contributed by atoms with Crippen LogP contribution < -0.4 is 4.90 Å². The number of rotatable bonds is 5. The smallest absolute Gasteiger partial charge is 0.277 e. The highest BCUT2D eigenvalue weighted by atomic mass is 19.1. The third-order valence-electron chi connectivity index (χ3n) is 5.25. The zero-order chi connectivity index (χ0) is 23.5. The number of hydrogen-bond acceptors (Lipinski definition) is 8. The van der Waals surface area contributed by atoms with Crippen molar-refractivity contribution in [1.82, 2.24) is 14.9 Å². The number of nitro benzene ring substituents is 2. The van der Waals surface area contributed by atoms with Gasteiger partial charge in [-0.25, -0.2) is 14.4 Å². The zero-order valence-corrected chi connectivity index (χ0v) is 17.1. The number of amides is 1. The van der Waals surface area contributed by atoms with Crippen LogP contribution in [-0.2, 0) is 0 Å². The predicted octanol–water partition coefficient (Wildman–Crippen LogP) is 3.06. The fourth-order valence-corrected chi connectivity index (χ4v) is 3.55. The van der Waals surface area contributed by atoms with Gasteiger partial charge >= 0.3 is 0 Å². The normalized spacial score (nSPS) is 13.6. The quantitative estimate of drug-likeness (QED) is 0.426. The van der Waals surface area contributed by atoms with Crippen LogP contribution in [0.2, 0.25) is 0 Å². The lowest BCUT2D eigenvalue weighted by Crippen LogP contribution is -2.49. The Hall–Kier alpha value is -4.48. The molecule has 0 spiro atoms. The van der Waals surface area contributed by atoms with E-state index in [0.29, 0.717) is 37.7 Å². The molecule has 0 bridgehead atoms. The Kier molecular flexibility index (Phi) is 5.89. The van der Waals surface area contributed by atoms with Gasteiger partial charge in [0.1, 0.15) is 18.0 Å². The van der Waals surface area contributed by atoms with E-state index >= 15 is 0 Å². The van der Waals surface area contributed by atoms with Crippen molar-refractivity contribution < 1.29 is 19.0 Å². The summed E-state index contributed by atoms with van der Waals surface area (Å²) < 4.78 is 13.2. The summed E-state index contributed by atoms with van der Waals surface area (Å²) in [6.07, 6.45) is 1.41. The molecule has 0 aliphatic carbocycles. The molecule has 2 heterocycles. The Labute approximate surface area is 186 Å². The van der Waals surface area contributed by atoms with Crippen LogP contribution in [0.3, 0.4) is 0 Å². The summed E-state index contributed by atoms with van der Waals surface area (Å²) in [5, 5.41) is 22.2. The minimum atomic E-state index is -0.768. The van der Waals surface area contributed by atoms with Crippen LogP contribution in [0, 0.1) is 26.0 Å². The van der Waals surface area contributed by atoms with Gasteiger partial charge in [0.2, 0.25) is 0 Å². The second kappa shape index (κ2) is 8.94. The SMILES string of the molecule is O=C(c1cc([N+](=O)[O-])cc([N+](=O)[O-])c1)N1CCN(c2cc(-c3ccc(F)cc3)ncn2)CC1. The summed E-state index contributed by atoms with van der Waals surface area (Å²) in [6, 6.07) is 10.6. The zero-order valence-electron chi connectivity index (χ0n) is 17.1. The van der Waals surface area contributed by atoms with Crippen molar-refractivity contribution in [2.24, 2.45) is 0 Å². The fourth-order valence-electron chi connectivity index (χ4n) is 3.55. The van der Waals surface area contributed by atoms with Crippen molar-refractivity contribution in [2.75, 3.05) is 31.1 Å². The second-order valence-corrected chi connectivity index (χ2v) is 7.30. The summed E-state index contributed by atoms with van der Waals surface area (Å²) in [5.74, 6) is -0.221. The number of benzene rings is 2. The van der Waals surface area contributed by atoms with Crippen LogP contribution >= 0.6 is 0 Å². The van der Waals surface area contributed by atoms with Crippen molar-refractivity contribution in [3.05, 3.63) is 86.5 Å². The molecule has 1 amide bonds. The monoisotopic (exact) mass is 452 g/mol. The molecule has 1 saturated heterocycles. The number of piperazine rings is 1. The average molecular weight is 452 g/mol. The molecule has 0 saturated carbocycles. The third kappa shape index (κ3) is 4.74. The molecule has 0 atom stereocenters. The van der Waals surface area contributed by atoms with Crippen LogP contribution in [0.4, 0.5) is 21.6 Å². The van der Waals surface area contributed by atoms with Gasteiger partial charge in [-0.3, -0.25) is 25.0 Å². The molecule has 0 N–H and O–H groups in total. The summed E-state index contributed by atoms with van der Waals surface area (Å²) in [4.78, 5) is 45.5. The average Bonchev–Trinajstić information content (AvgIpc) is 2.84. The maximum atomic E-state index is 13.2. The second-order valence-electron chi connectivity index (χ2n) is 7.30. The molecule has 1 aromatic heterocycles. The molecular formula is C21H17FN6O5. The largest absolute Gasteiger partial charge is 0.353 e. The molecule has 0 radical (unpaired) electrons. The summed E-state index contributed by atoms with van der Waals surface area (Å²) >= 11 is 0. The highest BCUT2D eigenvalue weighted by Gasteiger charge is 2.26. The summed E-state index contributed by atoms with van der Waals surface area (Å²) in [5.41, 5.74) is 0.231. The minimum absolute atomic E-state index is 0.106. The Bertz CT molecular complexity index is 1200. The van der Waals surface area contributed by atoms with E-state index in [1.165, 1.54) is 23.4 Å². The van der Waals surface area contributed by atoms with Gasteiger partial charge in [0.15, 0.2) is 0 Å².